The van der Waals surface area contributed by atoms with E-state index in [0.29, 0.717) is 44.0 Å². The number of benzene rings is 1. The van der Waals surface area contributed by atoms with Crippen LogP contribution in [0.3, 0.4) is 0 Å². The molecule has 130 valence electrons. The van der Waals surface area contributed by atoms with Crippen LogP contribution in [0.25, 0.3) is 0 Å². The smallest absolute Gasteiger partial charge is 0.311 e. The number of carbonyl (C=O) groups is 2. The topological polar surface area (TPSA) is 66.8 Å². The van der Waals surface area contributed by atoms with Gasteiger partial charge in [-0.1, -0.05) is 23.7 Å². The van der Waals surface area contributed by atoms with Gasteiger partial charge in [0, 0.05) is 31.3 Å². The lowest BCUT2D eigenvalue weighted by Gasteiger charge is -2.39. The molecule has 2 heterocycles. The standard InChI is InChI=1S/C18H22ClNO4/c1-17(16(22)23)6-9-20(12-17)15(21)18(7-10-24-11-8-18)13-2-4-14(19)5-3-13/h2-5H,6-12H2,1H3,(H,22,23)/t17-/m0/s1. The number of halogens is 1. The molecular weight excluding hydrogens is 330 g/mol. The van der Waals surface area contributed by atoms with Crippen molar-refractivity contribution >= 4 is 23.5 Å². The minimum Gasteiger partial charge on any atom is -0.481 e. The second-order valence-electron chi connectivity index (χ2n) is 7.04. The molecule has 5 nitrogen and oxygen atoms in total. The van der Waals surface area contributed by atoms with Crippen molar-refractivity contribution in [2.24, 2.45) is 5.41 Å². The zero-order chi connectivity index (χ0) is 17.4. The first kappa shape index (κ1) is 17.2. The fourth-order valence-corrected chi connectivity index (χ4v) is 3.85. The van der Waals surface area contributed by atoms with Crippen LogP contribution in [0, 0.1) is 5.41 Å². The molecule has 0 aliphatic carbocycles. The second-order valence-corrected chi connectivity index (χ2v) is 7.48. The Morgan fingerprint density at radius 2 is 1.79 bits per heavy atom. The average Bonchev–Trinajstić information content (AvgIpc) is 2.99. The molecule has 1 amide bonds. The predicted molar refractivity (Wildman–Crippen MR) is 90.1 cm³/mol. The summed E-state index contributed by atoms with van der Waals surface area (Å²) in [6, 6.07) is 7.40. The summed E-state index contributed by atoms with van der Waals surface area (Å²) >= 11 is 5.99. The van der Waals surface area contributed by atoms with Gasteiger partial charge in [-0.2, -0.15) is 0 Å². The molecule has 2 fully saturated rings. The Balaban J connectivity index is 1.91. The molecule has 0 unspecified atom stereocenters. The molecule has 0 saturated carbocycles. The van der Waals surface area contributed by atoms with Gasteiger partial charge in [0.05, 0.1) is 10.8 Å². The average molecular weight is 352 g/mol. The Labute approximate surface area is 146 Å². The number of nitrogens with zero attached hydrogens (tertiary/aromatic N) is 1. The molecule has 2 aliphatic rings. The molecule has 0 bridgehead atoms. The lowest BCUT2D eigenvalue weighted by atomic mass is 9.73. The Morgan fingerprint density at radius 1 is 1.17 bits per heavy atom. The highest BCUT2D eigenvalue weighted by Gasteiger charge is 2.49. The Morgan fingerprint density at radius 3 is 2.33 bits per heavy atom. The van der Waals surface area contributed by atoms with Crippen LogP contribution < -0.4 is 0 Å². The van der Waals surface area contributed by atoms with E-state index in [4.69, 9.17) is 16.3 Å². The van der Waals surface area contributed by atoms with Gasteiger partial charge in [-0.15, -0.1) is 0 Å². The highest BCUT2D eigenvalue weighted by molar-refractivity contribution is 6.30. The van der Waals surface area contributed by atoms with Crippen LogP contribution in [0.5, 0.6) is 0 Å². The summed E-state index contributed by atoms with van der Waals surface area (Å²) in [7, 11) is 0. The molecule has 1 atom stereocenters. The molecule has 0 radical (unpaired) electrons. The highest BCUT2D eigenvalue weighted by Crippen LogP contribution is 2.40. The van der Waals surface area contributed by atoms with Crippen molar-refractivity contribution in [3.8, 4) is 0 Å². The third-order valence-electron chi connectivity index (χ3n) is 5.43. The van der Waals surface area contributed by atoms with Crippen LogP contribution in [-0.4, -0.2) is 48.2 Å². The first-order chi connectivity index (χ1) is 11.4. The summed E-state index contributed by atoms with van der Waals surface area (Å²) in [5.74, 6) is -0.830. The number of amides is 1. The van der Waals surface area contributed by atoms with Gasteiger partial charge in [0.1, 0.15) is 0 Å². The molecule has 0 aromatic heterocycles. The van der Waals surface area contributed by atoms with Crippen LogP contribution in [0.15, 0.2) is 24.3 Å². The van der Waals surface area contributed by atoms with Crippen LogP contribution >= 0.6 is 11.6 Å². The van der Waals surface area contributed by atoms with Crippen molar-refractivity contribution in [2.75, 3.05) is 26.3 Å². The Hall–Kier alpha value is -1.59. The third kappa shape index (κ3) is 2.91. The third-order valence-corrected chi connectivity index (χ3v) is 5.68. The normalized spacial score (nSPS) is 26.3. The van der Waals surface area contributed by atoms with Crippen LogP contribution in [0.4, 0.5) is 0 Å². The number of aliphatic carboxylic acids is 1. The summed E-state index contributed by atoms with van der Waals surface area (Å²) in [6.07, 6.45) is 1.70. The van der Waals surface area contributed by atoms with Gasteiger partial charge in [0.2, 0.25) is 5.91 Å². The summed E-state index contributed by atoms with van der Waals surface area (Å²) in [5.41, 5.74) is -0.571. The van der Waals surface area contributed by atoms with Gasteiger partial charge in [0.15, 0.2) is 0 Å². The molecule has 3 rings (SSSR count). The molecule has 1 aromatic carbocycles. The molecule has 1 aromatic rings. The quantitative estimate of drug-likeness (QED) is 0.909. The van der Waals surface area contributed by atoms with Gasteiger partial charge in [-0.25, -0.2) is 0 Å². The van der Waals surface area contributed by atoms with Crippen molar-refractivity contribution in [3.05, 3.63) is 34.9 Å². The van der Waals surface area contributed by atoms with E-state index in [1.807, 2.05) is 12.1 Å². The van der Waals surface area contributed by atoms with E-state index < -0.39 is 16.8 Å². The molecule has 1 N–H and O–H groups in total. The van der Waals surface area contributed by atoms with Crippen LogP contribution in [-0.2, 0) is 19.7 Å². The summed E-state index contributed by atoms with van der Waals surface area (Å²) < 4.78 is 5.47. The molecular formula is C18H22ClNO4. The fraction of sp³-hybridized carbons (Fsp3) is 0.556. The maximum Gasteiger partial charge on any atom is 0.311 e. The van der Waals surface area contributed by atoms with Gasteiger partial charge in [0.25, 0.3) is 0 Å². The lowest BCUT2D eigenvalue weighted by molar-refractivity contribution is -0.148. The summed E-state index contributed by atoms with van der Waals surface area (Å²) in [4.78, 5) is 26.6. The van der Waals surface area contributed by atoms with Gasteiger partial charge in [-0.05, 0) is 43.9 Å². The summed E-state index contributed by atoms with van der Waals surface area (Å²) in [5, 5.41) is 10.1. The second kappa shape index (κ2) is 6.37. The Kier molecular flexibility index (Phi) is 4.58. The zero-order valence-electron chi connectivity index (χ0n) is 13.8. The first-order valence-electron chi connectivity index (χ1n) is 8.24. The molecule has 24 heavy (non-hydrogen) atoms. The van der Waals surface area contributed by atoms with Crippen molar-refractivity contribution in [2.45, 2.75) is 31.6 Å². The van der Waals surface area contributed by atoms with Crippen molar-refractivity contribution in [3.63, 3.8) is 0 Å². The summed E-state index contributed by atoms with van der Waals surface area (Å²) in [6.45, 7) is 3.51. The number of carboxylic acids is 1. The van der Waals surface area contributed by atoms with E-state index in [0.717, 1.165) is 5.56 Å². The largest absolute Gasteiger partial charge is 0.481 e. The SMILES string of the molecule is C[C@]1(C(=O)O)CCN(C(=O)C2(c3ccc(Cl)cc3)CCOCC2)C1. The van der Waals surface area contributed by atoms with E-state index in [1.165, 1.54) is 0 Å². The zero-order valence-corrected chi connectivity index (χ0v) is 14.5. The van der Waals surface area contributed by atoms with Gasteiger partial charge in [-0.3, -0.25) is 9.59 Å². The van der Waals surface area contributed by atoms with Crippen LogP contribution in [0.1, 0.15) is 31.7 Å². The van der Waals surface area contributed by atoms with Gasteiger partial charge >= 0.3 is 5.97 Å². The van der Waals surface area contributed by atoms with Crippen molar-refractivity contribution in [1.82, 2.24) is 4.90 Å². The number of rotatable bonds is 3. The molecule has 0 spiro atoms. The van der Waals surface area contributed by atoms with E-state index in [-0.39, 0.29) is 12.5 Å². The van der Waals surface area contributed by atoms with E-state index in [1.54, 1.807) is 24.0 Å². The number of ether oxygens (including phenoxy) is 1. The Bertz CT molecular complexity index is 639. The number of carboxylic acid groups (broad SMARTS) is 1. The lowest BCUT2D eigenvalue weighted by Crippen LogP contribution is -2.50. The minimum absolute atomic E-state index is 0.0121. The van der Waals surface area contributed by atoms with Crippen molar-refractivity contribution in [1.29, 1.82) is 0 Å². The number of hydrogen-bond donors (Lipinski definition) is 1. The molecule has 6 heteroatoms. The van der Waals surface area contributed by atoms with E-state index in [9.17, 15) is 14.7 Å². The van der Waals surface area contributed by atoms with Gasteiger partial charge < -0.3 is 14.7 Å². The molecule has 2 aliphatic heterocycles. The van der Waals surface area contributed by atoms with Crippen LogP contribution in [0.2, 0.25) is 5.02 Å². The maximum absolute atomic E-state index is 13.4. The minimum atomic E-state index is -0.859. The fourth-order valence-electron chi connectivity index (χ4n) is 3.73. The van der Waals surface area contributed by atoms with E-state index >= 15 is 0 Å². The molecule has 2 saturated heterocycles. The predicted octanol–water partition coefficient (Wildman–Crippen LogP) is 2.71. The highest BCUT2D eigenvalue weighted by atomic mass is 35.5. The van der Waals surface area contributed by atoms with Crippen molar-refractivity contribution < 1.29 is 19.4 Å². The number of likely N-dealkylation sites (tertiary alicyclic amines) is 1. The number of carbonyl (C=O) groups excluding carboxylic acids is 1. The monoisotopic (exact) mass is 351 g/mol. The maximum atomic E-state index is 13.4. The first-order valence-corrected chi connectivity index (χ1v) is 8.62. The van der Waals surface area contributed by atoms with E-state index in [2.05, 4.69) is 0 Å². The number of hydrogen-bond acceptors (Lipinski definition) is 3.